The van der Waals surface area contributed by atoms with Gasteiger partial charge in [-0.25, -0.2) is 4.99 Å². The molecule has 0 amide bonds. The molecule has 25 heavy (non-hydrogen) atoms. The lowest BCUT2D eigenvalue weighted by molar-refractivity contribution is -0.188. The van der Waals surface area contributed by atoms with Crippen LogP contribution in [0.5, 0.6) is 0 Å². The summed E-state index contributed by atoms with van der Waals surface area (Å²) in [7, 11) is 0. The molecule has 1 aromatic rings. The van der Waals surface area contributed by atoms with E-state index in [9.17, 15) is 5.11 Å². The third-order valence-corrected chi connectivity index (χ3v) is 5.56. The minimum absolute atomic E-state index is 0.0647. The molecule has 138 valence electrons. The Morgan fingerprint density at radius 3 is 2.92 bits per heavy atom. The Morgan fingerprint density at radius 2 is 2.16 bits per heavy atom. The average molecular weight is 345 g/mol. The highest BCUT2D eigenvalue weighted by Gasteiger charge is 2.58. The molecular weight excluding hydrogens is 314 g/mol. The van der Waals surface area contributed by atoms with E-state index in [-0.39, 0.29) is 12.0 Å². The summed E-state index contributed by atoms with van der Waals surface area (Å²) >= 11 is 0. The third kappa shape index (κ3) is 3.82. The average Bonchev–Trinajstić information content (AvgIpc) is 2.64. The van der Waals surface area contributed by atoms with Gasteiger partial charge in [0.2, 0.25) is 0 Å². The van der Waals surface area contributed by atoms with E-state index in [0.29, 0.717) is 24.6 Å². The summed E-state index contributed by atoms with van der Waals surface area (Å²) in [4.78, 5) is 4.76. The number of benzene rings is 1. The molecule has 3 atom stereocenters. The smallest absolute Gasteiger partial charge is 0.191 e. The summed E-state index contributed by atoms with van der Waals surface area (Å²) in [6.45, 7) is 9.04. The summed E-state index contributed by atoms with van der Waals surface area (Å²) in [6.07, 6.45) is 2.74. The topological polar surface area (TPSA) is 65.9 Å². The van der Waals surface area contributed by atoms with Crippen LogP contribution in [0.4, 0.5) is 0 Å². The molecule has 3 unspecified atom stereocenters. The van der Waals surface area contributed by atoms with Crippen LogP contribution in [0.15, 0.2) is 29.3 Å². The third-order valence-electron chi connectivity index (χ3n) is 5.56. The Bertz CT molecular complexity index is 615. The molecule has 5 heteroatoms. The molecule has 2 fully saturated rings. The van der Waals surface area contributed by atoms with Crippen molar-refractivity contribution in [1.29, 1.82) is 0 Å². The fourth-order valence-electron chi connectivity index (χ4n) is 4.28. The zero-order valence-electron chi connectivity index (χ0n) is 15.6. The number of aliphatic hydroxyl groups excluding tert-OH is 1. The van der Waals surface area contributed by atoms with Gasteiger partial charge in [0.1, 0.15) is 0 Å². The minimum atomic E-state index is 0.0647. The predicted molar refractivity (Wildman–Crippen MR) is 100 cm³/mol. The van der Waals surface area contributed by atoms with E-state index in [2.05, 4.69) is 31.4 Å². The minimum Gasteiger partial charge on any atom is -0.392 e. The van der Waals surface area contributed by atoms with Crippen molar-refractivity contribution in [3.8, 4) is 0 Å². The van der Waals surface area contributed by atoms with Crippen molar-refractivity contribution in [2.24, 2.45) is 16.3 Å². The summed E-state index contributed by atoms with van der Waals surface area (Å²) in [5, 5.41) is 16.3. The second-order valence-corrected chi connectivity index (χ2v) is 7.71. The Labute approximate surface area is 150 Å². The molecule has 1 heterocycles. The lowest BCUT2D eigenvalue weighted by Crippen LogP contribution is -2.71. The van der Waals surface area contributed by atoms with E-state index in [4.69, 9.17) is 9.73 Å². The molecule has 1 aliphatic heterocycles. The summed E-state index contributed by atoms with van der Waals surface area (Å²) in [5.74, 6) is 1.43. The van der Waals surface area contributed by atoms with Gasteiger partial charge in [0.15, 0.2) is 5.96 Å². The molecule has 5 nitrogen and oxygen atoms in total. The van der Waals surface area contributed by atoms with Gasteiger partial charge in [-0.15, -0.1) is 0 Å². The SMILES string of the molecule is CCNC(=NCc1cccc(CO)c1)NC1C2CCCOC2C1(C)C. The molecule has 1 aliphatic carbocycles. The van der Waals surface area contributed by atoms with E-state index in [1.165, 1.54) is 6.42 Å². The van der Waals surface area contributed by atoms with Crippen LogP contribution in [0, 0.1) is 11.3 Å². The molecule has 2 aliphatic rings. The van der Waals surface area contributed by atoms with Crippen LogP contribution in [0.1, 0.15) is 44.7 Å². The Kier molecular flexibility index (Phi) is 5.64. The molecule has 3 rings (SSSR count). The molecule has 0 bridgehead atoms. The highest BCUT2D eigenvalue weighted by molar-refractivity contribution is 5.80. The molecule has 0 aromatic heterocycles. The molecule has 1 saturated heterocycles. The van der Waals surface area contributed by atoms with Gasteiger partial charge in [-0.2, -0.15) is 0 Å². The zero-order valence-corrected chi connectivity index (χ0v) is 15.6. The van der Waals surface area contributed by atoms with E-state index in [1.54, 1.807) is 0 Å². The number of rotatable bonds is 5. The number of aliphatic hydroxyl groups is 1. The number of hydrogen-bond acceptors (Lipinski definition) is 3. The van der Waals surface area contributed by atoms with Crippen molar-refractivity contribution < 1.29 is 9.84 Å². The van der Waals surface area contributed by atoms with Crippen LogP contribution in [0.3, 0.4) is 0 Å². The van der Waals surface area contributed by atoms with Crippen molar-refractivity contribution in [2.75, 3.05) is 13.2 Å². The van der Waals surface area contributed by atoms with Crippen LogP contribution >= 0.6 is 0 Å². The zero-order chi connectivity index (χ0) is 17.9. The summed E-state index contributed by atoms with van der Waals surface area (Å²) in [5.41, 5.74) is 2.15. The Morgan fingerprint density at radius 1 is 1.36 bits per heavy atom. The normalized spacial score (nSPS) is 28.0. The van der Waals surface area contributed by atoms with Gasteiger partial charge >= 0.3 is 0 Å². The first kappa shape index (κ1) is 18.2. The first-order valence-corrected chi connectivity index (χ1v) is 9.41. The standard InChI is InChI=1S/C20H31N3O2/c1-4-21-19(22-12-14-7-5-8-15(11-14)13-24)23-17-16-9-6-10-25-18(16)20(17,2)3/h5,7-8,11,16-18,24H,4,6,9-10,12-13H2,1-3H3,(H2,21,22,23). The maximum atomic E-state index is 9.28. The lowest BCUT2D eigenvalue weighted by atomic mass is 9.55. The monoisotopic (exact) mass is 345 g/mol. The maximum Gasteiger partial charge on any atom is 0.191 e. The van der Waals surface area contributed by atoms with Crippen molar-refractivity contribution in [3.63, 3.8) is 0 Å². The number of hydrogen-bond donors (Lipinski definition) is 3. The number of ether oxygens (including phenoxy) is 1. The van der Waals surface area contributed by atoms with Crippen molar-refractivity contribution >= 4 is 5.96 Å². The van der Waals surface area contributed by atoms with Crippen molar-refractivity contribution in [1.82, 2.24) is 10.6 Å². The Hall–Kier alpha value is -1.59. The first-order chi connectivity index (χ1) is 12.1. The van der Waals surface area contributed by atoms with Crippen LogP contribution in [0.25, 0.3) is 0 Å². The molecule has 1 saturated carbocycles. The van der Waals surface area contributed by atoms with Gasteiger partial charge in [-0.1, -0.05) is 38.1 Å². The van der Waals surface area contributed by atoms with Gasteiger partial charge in [-0.3, -0.25) is 0 Å². The number of nitrogens with one attached hydrogen (secondary N) is 2. The predicted octanol–water partition coefficient (Wildman–Crippen LogP) is 2.44. The number of nitrogens with zero attached hydrogens (tertiary/aromatic N) is 1. The fraction of sp³-hybridized carbons (Fsp3) is 0.650. The lowest BCUT2D eigenvalue weighted by Gasteiger charge is -2.60. The largest absolute Gasteiger partial charge is 0.392 e. The first-order valence-electron chi connectivity index (χ1n) is 9.41. The number of aliphatic imine (C=N–C) groups is 1. The second-order valence-electron chi connectivity index (χ2n) is 7.71. The van der Waals surface area contributed by atoms with Crippen LogP contribution in [-0.4, -0.2) is 36.4 Å². The van der Waals surface area contributed by atoms with Crippen LogP contribution in [0.2, 0.25) is 0 Å². The van der Waals surface area contributed by atoms with Crippen molar-refractivity contribution in [2.45, 2.75) is 58.9 Å². The highest BCUT2D eigenvalue weighted by atomic mass is 16.5. The second kappa shape index (κ2) is 7.75. The summed E-state index contributed by atoms with van der Waals surface area (Å²) in [6, 6.07) is 8.34. The number of fused-ring (bicyclic) bond motifs is 1. The van der Waals surface area contributed by atoms with Crippen molar-refractivity contribution in [3.05, 3.63) is 35.4 Å². The molecule has 0 radical (unpaired) electrons. The van der Waals surface area contributed by atoms with E-state index >= 15 is 0 Å². The van der Waals surface area contributed by atoms with Gasteiger partial charge in [0.05, 0.1) is 19.3 Å². The van der Waals surface area contributed by atoms with Crippen LogP contribution < -0.4 is 10.6 Å². The number of guanidine groups is 1. The molecular formula is C20H31N3O2. The van der Waals surface area contributed by atoms with Gasteiger partial charge in [0.25, 0.3) is 0 Å². The quantitative estimate of drug-likeness (QED) is 0.566. The highest BCUT2D eigenvalue weighted by Crippen LogP contribution is 2.51. The van der Waals surface area contributed by atoms with Crippen LogP contribution in [-0.2, 0) is 17.9 Å². The molecule has 1 aromatic carbocycles. The molecule has 0 spiro atoms. The van der Waals surface area contributed by atoms with Gasteiger partial charge < -0.3 is 20.5 Å². The summed E-state index contributed by atoms with van der Waals surface area (Å²) < 4.78 is 5.99. The Balaban J connectivity index is 1.68. The van der Waals surface area contributed by atoms with Gasteiger partial charge in [0, 0.05) is 30.5 Å². The maximum absolute atomic E-state index is 9.28. The van der Waals surface area contributed by atoms with E-state index in [1.807, 2.05) is 24.3 Å². The fourth-order valence-corrected chi connectivity index (χ4v) is 4.28. The van der Waals surface area contributed by atoms with Gasteiger partial charge in [-0.05, 0) is 30.9 Å². The molecule has 3 N–H and O–H groups in total. The van der Waals surface area contributed by atoms with E-state index < -0.39 is 0 Å². The van der Waals surface area contributed by atoms with E-state index in [0.717, 1.165) is 36.7 Å².